The van der Waals surface area contributed by atoms with Gasteiger partial charge in [0.2, 0.25) is 0 Å². The Morgan fingerprint density at radius 1 is 1.35 bits per heavy atom. The van der Waals surface area contributed by atoms with E-state index in [9.17, 15) is 4.79 Å². The van der Waals surface area contributed by atoms with Crippen LogP contribution in [0, 0.1) is 17.8 Å². The molecule has 0 aromatic carbocycles. The molecule has 2 saturated carbocycles. The van der Waals surface area contributed by atoms with Crippen molar-refractivity contribution < 1.29 is 9.53 Å². The number of fused-ring (bicyclic) bond motifs is 2. The van der Waals surface area contributed by atoms with Crippen LogP contribution in [0.25, 0.3) is 0 Å². The van der Waals surface area contributed by atoms with Crippen LogP contribution >= 0.6 is 46.4 Å². The molecule has 0 spiro atoms. The first-order valence-electron chi connectivity index (χ1n) is 5.38. The van der Waals surface area contributed by atoms with Crippen molar-refractivity contribution in [2.75, 3.05) is 0 Å². The summed E-state index contributed by atoms with van der Waals surface area (Å²) in [6.07, 6.45) is 2.55. The smallest absolute Gasteiger partial charge is 0.330 e. The van der Waals surface area contributed by atoms with Gasteiger partial charge in [0.25, 0.3) is 0 Å². The largest absolute Gasteiger partial charge is 0.459 e. The monoisotopic (exact) mass is 316 g/mol. The molecule has 17 heavy (non-hydrogen) atoms. The molecule has 0 amide bonds. The van der Waals surface area contributed by atoms with Crippen molar-refractivity contribution in [3.8, 4) is 0 Å². The molecule has 0 heterocycles. The molecule has 96 valence electrons. The average Bonchev–Trinajstić information content (AvgIpc) is 2.72. The third kappa shape index (κ3) is 2.56. The van der Waals surface area contributed by atoms with Crippen LogP contribution < -0.4 is 0 Å². The number of ether oxygens (including phenoxy) is 1. The molecule has 5 unspecified atom stereocenters. The molecule has 0 saturated heterocycles. The molecular formula is C11H12Cl4O2. The standard InChI is InChI=1S/C11H12Cl4O2/c1-2-8(16)17-7-4-5-3-6(7)10(12)9(5)11(13,14)15/h2,5-7,9-10H,1,3-4H2. The Hall–Kier alpha value is 0.370. The minimum Gasteiger partial charge on any atom is -0.459 e. The summed E-state index contributed by atoms with van der Waals surface area (Å²) < 4.78 is 3.91. The number of hydrogen-bond acceptors (Lipinski definition) is 2. The second kappa shape index (κ2) is 4.80. The van der Waals surface area contributed by atoms with E-state index in [0.717, 1.165) is 12.5 Å². The average molecular weight is 318 g/mol. The van der Waals surface area contributed by atoms with Gasteiger partial charge in [-0.05, 0) is 18.8 Å². The Kier molecular flexibility index (Phi) is 3.90. The zero-order valence-electron chi connectivity index (χ0n) is 8.91. The number of alkyl halides is 4. The molecular weight excluding hydrogens is 306 g/mol. The predicted octanol–water partition coefficient (Wildman–Crippen LogP) is 3.72. The lowest BCUT2D eigenvalue weighted by molar-refractivity contribution is -0.145. The number of esters is 1. The van der Waals surface area contributed by atoms with Crippen LogP contribution in [0.15, 0.2) is 12.7 Å². The van der Waals surface area contributed by atoms with Crippen molar-refractivity contribution in [1.29, 1.82) is 0 Å². The molecule has 0 aromatic heterocycles. The summed E-state index contributed by atoms with van der Waals surface area (Å²) in [7, 11) is 0. The third-order valence-corrected chi connectivity index (χ3v) is 5.01. The van der Waals surface area contributed by atoms with E-state index in [0.29, 0.717) is 6.42 Å². The van der Waals surface area contributed by atoms with Gasteiger partial charge in [-0.1, -0.05) is 41.4 Å². The van der Waals surface area contributed by atoms with Gasteiger partial charge in [-0.3, -0.25) is 0 Å². The number of carbonyl (C=O) groups is 1. The SMILES string of the molecule is C=CC(=O)OC1CC2CC1C(Cl)C2C(Cl)(Cl)Cl. The zero-order valence-corrected chi connectivity index (χ0v) is 11.9. The Morgan fingerprint density at radius 2 is 2.00 bits per heavy atom. The normalized spacial score (nSPS) is 40.4. The minimum atomic E-state index is -1.35. The summed E-state index contributed by atoms with van der Waals surface area (Å²) in [5, 5.41) is -0.260. The number of halogens is 4. The fourth-order valence-electron chi connectivity index (χ4n) is 3.01. The van der Waals surface area contributed by atoms with E-state index in [1.807, 2.05) is 0 Å². The van der Waals surface area contributed by atoms with Gasteiger partial charge in [-0.15, -0.1) is 11.6 Å². The van der Waals surface area contributed by atoms with E-state index < -0.39 is 9.76 Å². The second-order valence-corrected chi connectivity index (χ2v) is 7.46. The summed E-state index contributed by atoms with van der Waals surface area (Å²) in [6, 6.07) is 0. The lowest BCUT2D eigenvalue weighted by Crippen LogP contribution is -2.40. The van der Waals surface area contributed by atoms with E-state index in [4.69, 9.17) is 51.1 Å². The van der Waals surface area contributed by atoms with Gasteiger partial charge in [0, 0.05) is 23.3 Å². The van der Waals surface area contributed by atoms with Gasteiger partial charge in [-0.2, -0.15) is 0 Å². The van der Waals surface area contributed by atoms with Crippen LogP contribution in [0.5, 0.6) is 0 Å². The highest BCUT2D eigenvalue weighted by atomic mass is 35.6. The lowest BCUT2D eigenvalue weighted by atomic mass is 9.87. The molecule has 0 aromatic rings. The Labute approximate surface area is 120 Å². The van der Waals surface area contributed by atoms with E-state index >= 15 is 0 Å². The Balaban J connectivity index is 2.06. The fourth-order valence-corrected chi connectivity index (χ4v) is 4.80. The van der Waals surface area contributed by atoms with E-state index in [1.165, 1.54) is 0 Å². The molecule has 2 nitrogen and oxygen atoms in total. The van der Waals surface area contributed by atoms with E-state index in [-0.39, 0.29) is 29.2 Å². The van der Waals surface area contributed by atoms with Crippen LogP contribution in [0.3, 0.4) is 0 Å². The van der Waals surface area contributed by atoms with Crippen molar-refractivity contribution in [3.05, 3.63) is 12.7 Å². The predicted molar refractivity (Wildman–Crippen MR) is 69.7 cm³/mol. The lowest BCUT2D eigenvalue weighted by Gasteiger charge is -2.35. The van der Waals surface area contributed by atoms with Crippen molar-refractivity contribution in [3.63, 3.8) is 0 Å². The molecule has 0 aliphatic heterocycles. The van der Waals surface area contributed by atoms with Crippen LogP contribution in [0.2, 0.25) is 0 Å². The molecule has 2 aliphatic carbocycles. The maximum atomic E-state index is 11.2. The number of rotatable bonds is 2. The third-order valence-electron chi connectivity index (χ3n) is 3.66. The van der Waals surface area contributed by atoms with Crippen LogP contribution in [-0.2, 0) is 9.53 Å². The van der Waals surface area contributed by atoms with Gasteiger partial charge in [0.15, 0.2) is 3.79 Å². The van der Waals surface area contributed by atoms with Gasteiger partial charge in [-0.25, -0.2) is 4.79 Å². The molecule has 0 N–H and O–H groups in total. The van der Waals surface area contributed by atoms with Crippen molar-refractivity contribution in [1.82, 2.24) is 0 Å². The molecule has 2 fully saturated rings. The summed E-state index contributed by atoms with van der Waals surface area (Å²) in [4.78, 5) is 11.2. The van der Waals surface area contributed by atoms with Crippen LogP contribution in [0.1, 0.15) is 12.8 Å². The minimum absolute atomic E-state index is 0.0752. The van der Waals surface area contributed by atoms with Crippen molar-refractivity contribution >= 4 is 52.4 Å². The summed E-state index contributed by atoms with van der Waals surface area (Å²) in [6.45, 7) is 3.37. The maximum Gasteiger partial charge on any atom is 0.330 e. The molecule has 2 rings (SSSR count). The molecule has 6 heteroatoms. The van der Waals surface area contributed by atoms with Gasteiger partial charge < -0.3 is 4.74 Å². The first-order chi connectivity index (χ1) is 7.84. The van der Waals surface area contributed by atoms with Crippen LogP contribution in [0.4, 0.5) is 0 Å². The van der Waals surface area contributed by atoms with E-state index in [2.05, 4.69) is 6.58 Å². The van der Waals surface area contributed by atoms with Gasteiger partial charge in [0.1, 0.15) is 6.10 Å². The van der Waals surface area contributed by atoms with Gasteiger partial charge >= 0.3 is 5.97 Å². The number of carbonyl (C=O) groups excluding carboxylic acids is 1. The highest BCUT2D eigenvalue weighted by Gasteiger charge is 2.59. The topological polar surface area (TPSA) is 26.3 Å². The van der Waals surface area contributed by atoms with Crippen molar-refractivity contribution in [2.45, 2.75) is 28.1 Å². The van der Waals surface area contributed by atoms with Crippen LogP contribution in [-0.4, -0.2) is 21.2 Å². The van der Waals surface area contributed by atoms with Crippen molar-refractivity contribution in [2.24, 2.45) is 17.8 Å². The second-order valence-electron chi connectivity index (χ2n) is 4.59. The highest BCUT2D eigenvalue weighted by Crippen LogP contribution is 2.59. The first kappa shape index (κ1) is 13.8. The molecule has 5 atom stereocenters. The van der Waals surface area contributed by atoms with E-state index in [1.54, 1.807) is 0 Å². The molecule has 0 radical (unpaired) electrons. The number of hydrogen-bond donors (Lipinski definition) is 0. The fraction of sp³-hybridized carbons (Fsp3) is 0.727. The first-order valence-corrected chi connectivity index (χ1v) is 6.95. The van der Waals surface area contributed by atoms with Gasteiger partial charge in [0.05, 0.1) is 0 Å². The maximum absolute atomic E-state index is 11.2. The molecule has 2 bridgehead atoms. The summed E-state index contributed by atoms with van der Waals surface area (Å²) in [5.41, 5.74) is 0. The Morgan fingerprint density at radius 3 is 2.47 bits per heavy atom. The quantitative estimate of drug-likeness (QED) is 0.441. The zero-order chi connectivity index (χ0) is 12.8. The Bertz CT molecular complexity index is 337. The molecule has 2 aliphatic rings. The summed E-state index contributed by atoms with van der Waals surface area (Å²) in [5.74, 6) is -0.307. The highest BCUT2D eigenvalue weighted by molar-refractivity contribution is 6.68. The summed E-state index contributed by atoms with van der Waals surface area (Å²) >= 11 is 24.1.